The second kappa shape index (κ2) is 6.49. The third-order valence-corrected chi connectivity index (χ3v) is 0.984. The van der Waals surface area contributed by atoms with Gasteiger partial charge in [0.05, 0.1) is 0 Å². The first-order valence-corrected chi connectivity index (χ1v) is 3.51. The van der Waals surface area contributed by atoms with Crippen molar-refractivity contribution in [2.75, 3.05) is 13.2 Å². The van der Waals surface area contributed by atoms with Crippen molar-refractivity contribution < 1.29 is 9.53 Å². The molecule has 0 aliphatic heterocycles. The SMILES string of the molecule is C=CCC(=O)COCCC. The molecule has 0 unspecified atom stereocenters. The van der Waals surface area contributed by atoms with E-state index in [2.05, 4.69) is 6.58 Å². The maximum atomic E-state index is 10.7. The van der Waals surface area contributed by atoms with Crippen molar-refractivity contribution in [3.63, 3.8) is 0 Å². The Labute approximate surface area is 61.9 Å². The van der Waals surface area contributed by atoms with Gasteiger partial charge in [0.25, 0.3) is 0 Å². The van der Waals surface area contributed by atoms with Crippen molar-refractivity contribution in [2.24, 2.45) is 0 Å². The number of carbonyl (C=O) groups is 1. The van der Waals surface area contributed by atoms with Crippen LogP contribution in [0.4, 0.5) is 0 Å². The molecule has 10 heavy (non-hydrogen) atoms. The van der Waals surface area contributed by atoms with Crippen LogP contribution in [-0.4, -0.2) is 19.0 Å². The summed E-state index contributed by atoms with van der Waals surface area (Å²) in [5.41, 5.74) is 0. The lowest BCUT2D eigenvalue weighted by atomic mass is 10.3. The lowest BCUT2D eigenvalue weighted by molar-refractivity contribution is -0.122. The average Bonchev–Trinajstić information content (AvgIpc) is 1.89. The summed E-state index contributed by atoms with van der Waals surface area (Å²) in [5, 5.41) is 0. The standard InChI is InChI=1S/C8H14O2/c1-3-5-8(9)7-10-6-4-2/h3H,1,4-7H2,2H3. The second-order valence-electron chi connectivity index (χ2n) is 2.08. The third-order valence-electron chi connectivity index (χ3n) is 0.984. The molecule has 58 valence electrons. The molecule has 0 bridgehead atoms. The highest BCUT2D eigenvalue weighted by molar-refractivity contribution is 5.80. The topological polar surface area (TPSA) is 26.3 Å². The van der Waals surface area contributed by atoms with E-state index in [9.17, 15) is 4.79 Å². The molecule has 0 N–H and O–H groups in total. The van der Waals surface area contributed by atoms with E-state index in [1.165, 1.54) is 0 Å². The molecule has 2 nitrogen and oxygen atoms in total. The van der Waals surface area contributed by atoms with Gasteiger partial charge in [0, 0.05) is 13.0 Å². The molecule has 0 saturated carbocycles. The van der Waals surface area contributed by atoms with Gasteiger partial charge in [0.2, 0.25) is 0 Å². The summed E-state index contributed by atoms with van der Waals surface area (Å²) in [7, 11) is 0. The molecule has 0 atom stereocenters. The Hall–Kier alpha value is -0.630. The summed E-state index contributed by atoms with van der Waals surface area (Å²) in [5.74, 6) is 0.100. The fourth-order valence-corrected chi connectivity index (χ4v) is 0.550. The third kappa shape index (κ3) is 5.51. The lowest BCUT2D eigenvalue weighted by Crippen LogP contribution is -2.07. The van der Waals surface area contributed by atoms with Crippen molar-refractivity contribution in [2.45, 2.75) is 19.8 Å². The Balaban J connectivity index is 3.13. The van der Waals surface area contributed by atoms with Crippen molar-refractivity contribution >= 4 is 5.78 Å². The molecule has 0 aromatic rings. The number of ketones is 1. The van der Waals surface area contributed by atoms with Crippen LogP contribution in [0.2, 0.25) is 0 Å². The van der Waals surface area contributed by atoms with E-state index >= 15 is 0 Å². The molecule has 0 heterocycles. The minimum atomic E-state index is 0.100. The first kappa shape index (κ1) is 9.37. The molecule has 0 fully saturated rings. The molecule has 2 heteroatoms. The van der Waals surface area contributed by atoms with Crippen LogP contribution in [0.25, 0.3) is 0 Å². The van der Waals surface area contributed by atoms with Crippen LogP contribution in [0.15, 0.2) is 12.7 Å². The number of hydrogen-bond acceptors (Lipinski definition) is 2. The van der Waals surface area contributed by atoms with E-state index < -0.39 is 0 Å². The van der Waals surface area contributed by atoms with Gasteiger partial charge in [0.1, 0.15) is 6.61 Å². The molecule has 0 spiro atoms. The fraction of sp³-hybridized carbons (Fsp3) is 0.625. The van der Waals surface area contributed by atoms with Crippen LogP contribution in [0.5, 0.6) is 0 Å². The van der Waals surface area contributed by atoms with Crippen LogP contribution in [0.3, 0.4) is 0 Å². The molecule has 0 saturated heterocycles. The van der Waals surface area contributed by atoms with E-state index in [0.717, 1.165) is 6.42 Å². The Morgan fingerprint density at radius 1 is 1.70 bits per heavy atom. The van der Waals surface area contributed by atoms with Gasteiger partial charge in [-0.2, -0.15) is 0 Å². The zero-order chi connectivity index (χ0) is 7.82. The number of ether oxygens (including phenoxy) is 1. The van der Waals surface area contributed by atoms with Crippen molar-refractivity contribution in [1.82, 2.24) is 0 Å². The van der Waals surface area contributed by atoms with Crippen LogP contribution in [0.1, 0.15) is 19.8 Å². The number of carbonyl (C=O) groups excluding carboxylic acids is 1. The van der Waals surface area contributed by atoms with Crippen LogP contribution in [0, 0.1) is 0 Å². The summed E-state index contributed by atoms with van der Waals surface area (Å²) in [4.78, 5) is 10.7. The zero-order valence-electron chi connectivity index (χ0n) is 6.43. The Bertz CT molecular complexity index is 108. The van der Waals surface area contributed by atoms with Crippen molar-refractivity contribution in [1.29, 1.82) is 0 Å². The normalized spacial score (nSPS) is 9.30. The van der Waals surface area contributed by atoms with Gasteiger partial charge in [-0.25, -0.2) is 0 Å². The summed E-state index contributed by atoms with van der Waals surface area (Å²) in [6.45, 7) is 6.37. The Kier molecular flexibility index (Phi) is 6.08. The smallest absolute Gasteiger partial charge is 0.162 e. The Morgan fingerprint density at radius 3 is 2.90 bits per heavy atom. The van der Waals surface area contributed by atoms with Gasteiger partial charge < -0.3 is 4.74 Å². The zero-order valence-corrected chi connectivity index (χ0v) is 6.43. The molecular formula is C8H14O2. The molecule has 0 aromatic carbocycles. The highest BCUT2D eigenvalue weighted by atomic mass is 16.5. The summed E-state index contributed by atoms with van der Waals surface area (Å²) in [6.07, 6.45) is 2.97. The summed E-state index contributed by atoms with van der Waals surface area (Å²) < 4.78 is 5.00. The molecule has 0 aliphatic carbocycles. The van der Waals surface area contributed by atoms with Crippen LogP contribution < -0.4 is 0 Å². The minimum absolute atomic E-state index is 0.100. The van der Waals surface area contributed by atoms with Gasteiger partial charge >= 0.3 is 0 Å². The van der Waals surface area contributed by atoms with E-state index in [1.807, 2.05) is 6.92 Å². The van der Waals surface area contributed by atoms with E-state index in [0.29, 0.717) is 13.0 Å². The van der Waals surface area contributed by atoms with Gasteiger partial charge in [-0.3, -0.25) is 4.79 Å². The predicted molar refractivity (Wildman–Crippen MR) is 40.9 cm³/mol. The first-order chi connectivity index (χ1) is 4.81. The van der Waals surface area contributed by atoms with E-state index in [-0.39, 0.29) is 12.4 Å². The Morgan fingerprint density at radius 2 is 2.40 bits per heavy atom. The highest BCUT2D eigenvalue weighted by Gasteiger charge is 1.96. The quantitative estimate of drug-likeness (QED) is 0.415. The minimum Gasteiger partial charge on any atom is -0.374 e. The fourth-order valence-electron chi connectivity index (χ4n) is 0.550. The largest absolute Gasteiger partial charge is 0.374 e. The second-order valence-corrected chi connectivity index (χ2v) is 2.08. The van der Waals surface area contributed by atoms with Gasteiger partial charge in [-0.1, -0.05) is 13.0 Å². The molecule has 0 aliphatic rings. The molecule has 0 amide bonds. The molecule has 0 radical (unpaired) electrons. The molecule has 0 aromatic heterocycles. The van der Waals surface area contributed by atoms with Gasteiger partial charge in [-0.05, 0) is 6.42 Å². The summed E-state index contributed by atoms with van der Waals surface area (Å²) >= 11 is 0. The highest BCUT2D eigenvalue weighted by Crippen LogP contribution is 1.86. The van der Waals surface area contributed by atoms with E-state index in [4.69, 9.17) is 4.74 Å². The first-order valence-electron chi connectivity index (χ1n) is 3.51. The van der Waals surface area contributed by atoms with Gasteiger partial charge in [0.15, 0.2) is 5.78 Å². The van der Waals surface area contributed by atoms with Crippen LogP contribution >= 0.6 is 0 Å². The van der Waals surface area contributed by atoms with E-state index in [1.54, 1.807) is 6.08 Å². The molecule has 0 rings (SSSR count). The van der Waals surface area contributed by atoms with Crippen molar-refractivity contribution in [3.05, 3.63) is 12.7 Å². The maximum Gasteiger partial charge on any atom is 0.162 e. The number of hydrogen-bond donors (Lipinski definition) is 0. The number of Topliss-reactive ketones (excluding diaryl/α,β-unsaturated/α-hetero) is 1. The monoisotopic (exact) mass is 142 g/mol. The van der Waals surface area contributed by atoms with Crippen molar-refractivity contribution in [3.8, 4) is 0 Å². The predicted octanol–water partition coefficient (Wildman–Crippen LogP) is 1.56. The number of allylic oxidation sites excluding steroid dienone is 1. The van der Waals surface area contributed by atoms with Gasteiger partial charge in [-0.15, -0.1) is 6.58 Å². The average molecular weight is 142 g/mol. The maximum absolute atomic E-state index is 10.7. The molecular weight excluding hydrogens is 128 g/mol. The number of rotatable bonds is 6. The summed E-state index contributed by atoms with van der Waals surface area (Å²) in [6, 6.07) is 0. The lowest BCUT2D eigenvalue weighted by Gasteiger charge is -1.97. The van der Waals surface area contributed by atoms with Crippen LogP contribution in [-0.2, 0) is 9.53 Å².